The van der Waals surface area contributed by atoms with E-state index >= 15 is 0 Å². The Morgan fingerprint density at radius 1 is 1.50 bits per heavy atom. The van der Waals surface area contributed by atoms with Gasteiger partial charge in [-0.2, -0.15) is 0 Å². The largest absolute Gasteiger partial charge is 0.507 e. The summed E-state index contributed by atoms with van der Waals surface area (Å²) in [6, 6.07) is 5.49. The molecular formula is C13H16O3. The second-order valence-corrected chi connectivity index (χ2v) is 3.42. The highest BCUT2D eigenvalue weighted by molar-refractivity contribution is 5.73. The molecule has 1 rings (SSSR count). The Bertz CT molecular complexity index is 394. The molecule has 0 bridgehead atoms. The van der Waals surface area contributed by atoms with Gasteiger partial charge in [0.25, 0.3) is 0 Å². The standard InChI is InChI=1S/C13H16O3/c1-3-16-12(14)9-5-8-11-7-4-6-10(2)13(11)15/h4-8,15H,3,9H2,1-2H3. The highest BCUT2D eigenvalue weighted by Gasteiger charge is 2.00. The Morgan fingerprint density at radius 2 is 2.25 bits per heavy atom. The first-order valence-corrected chi connectivity index (χ1v) is 5.26. The van der Waals surface area contributed by atoms with E-state index in [2.05, 4.69) is 0 Å². The number of carbonyl (C=O) groups excluding carboxylic acids is 1. The summed E-state index contributed by atoms with van der Waals surface area (Å²) < 4.78 is 4.78. The van der Waals surface area contributed by atoms with Crippen LogP contribution in [0, 0.1) is 6.92 Å². The van der Waals surface area contributed by atoms with Gasteiger partial charge in [0, 0.05) is 5.56 Å². The second kappa shape index (κ2) is 5.95. The lowest BCUT2D eigenvalue weighted by Crippen LogP contribution is -2.01. The molecule has 0 fully saturated rings. The molecule has 0 unspecified atom stereocenters. The molecule has 0 amide bonds. The lowest BCUT2D eigenvalue weighted by molar-refractivity contribution is -0.142. The fourth-order valence-electron chi connectivity index (χ4n) is 1.32. The number of ether oxygens (including phenoxy) is 1. The normalized spacial score (nSPS) is 10.6. The van der Waals surface area contributed by atoms with Crippen LogP contribution < -0.4 is 0 Å². The molecule has 3 heteroatoms. The van der Waals surface area contributed by atoms with Crippen LogP contribution in [-0.4, -0.2) is 17.7 Å². The molecule has 16 heavy (non-hydrogen) atoms. The Balaban J connectivity index is 2.63. The molecule has 86 valence electrons. The quantitative estimate of drug-likeness (QED) is 0.793. The van der Waals surface area contributed by atoms with Crippen LogP contribution in [0.15, 0.2) is 24.3 Å². The lowest BCUT2D eigenvalue weighted by Gasteiger charge is -2.02. The average molecular weight is 220 g/mol. The summed E-state index contributed by atoms with van der Waals surface area (Å²) in [6.07, 6.45) is 3.63. The van der Waals surface area contributed by atoms with Crippen molar-refractivity contribution in [2.24, 2.45) is 0 Å². The average Bonchev–Trinajstić information content (AvgIpc) is 2.25. The van der Waals surface area contributed by atoms with Crippen molar-refractivity contribution in [1.29, 1.82) is 0 Å². The van der Waals surface area contributed by atoms with Gasteiger partial charge in [0.05, 0.1) is 13.0 Å². The van der Waals surface area contributed by atoms with Crippen molar-refractivity contribution >= 4 is 12.0 Å². The van der Waals surface area contributed by atoms with Crippen LogP contribution in [0.25, 0.3) is 6.08 Å². The number of para-hydroxylation sites is 1. The number of esters is 1. The van der Waals surface area contributed by atoms with Gasteiger partial charge < -0.3 is 9.84 Å². The molecular weight excluding hydrogens is 204 g/mol. The van der Waals surface area contributed by atoms with Gasteiger partial charge in [0.1, 0.15) is 5.75 Å². The van der Waals surface area contributed by atoms with Crippen molar-refractivity contribution < 1.29 is 14.6 Å². The zero-order valence-electron chi connectivity index (χ0n) is 9.56. The topological polar surface area (TPSA) is 46.5 Å². The van der Waals surface area contributed by atoms with E-state index in [1.54, 1.807) is 25.1 Å². The van der Waals surface area contributed by atoms with E-state index in [0.29, 0.717) is 12.2 Å². The third kappa shape index (κ3) is 3.42. The number of aromatic hydroxyl groups is 1. The van der Waals surface area contributed by atoms with Crippen LogP contribution in [0.5, 0.6) is 5.75 Å². The zero-order chi connectivity index (χ0) is 12.0. The van der Waals surface area contributed by atoms with Gasteiger partial charge in [-0.3, -0.25) is 4.79 Å². The van der Waals surface area contributed by atoms with Crippen LogP contribution in [-0.2, 0) is 9.53 Å². The zero-order valence-corrected chi connectivity index (χ0v) is 9.56. The fraction of sp³-hybridized carbons (Fsp3) is 0.308. The summed E-state index contributed by atoms with van der Waals surface area (Å²) in [5.41, 5.74) is 1.53. The van der Waals surface area contributed by atoms with Crippen molar-refractivity contribution in [2.75, 3.05) is 6.61 Å². The minimum atomic E-state index is -0.258. The van der Waals surface area contributed by atoms with Gasteiger partial charge >= 0.3 is 5.97 Å². The molecule has 0 saturated heterocycles. The van der Waals surface area contributed by atoms with Crippen molar-refractivity contribution in [3.63, 3.8) is 0 Å². The van der Waals surface area contributed by atoms with Gasteiger partial charge in [-0.25, -0.2) is 0 Å². The summed E-state index contributed by atoms with van der Waals surface area (Å²) in [6.45, 7) is 3.99. The number of hydrogen-bond donors (Lipinski definition) is 1. The predicted molar refractivity (Wildman–Crippen MR) is 63.1 cm³/mol. The summed E-state index contributed by atoms with van der Waals surface area (Å²) in [5.74, 6) is -0.00602. The molecule has 0 aromatic heterocycles. The molecule has 0 radical (unpaired) electrons. The van der Waals surface area contributed by atoms with Crippen LogP contribution in [0.1, 0.15) is 24.5 Å². The van der Waals surface area contributed by atoms with Crippen molar-refractivity contribution in [3.05, 3.63) is 35.4 Å². The summed E-state index contributed by atoms with van der Waals surface area (Å²) in [5, 5.41) is 9.70. The highest BCUT2D eigenvalue weighted by Crippen LogP contribution is 2.22. The van der Waals surface area contributed by atoms with Gasteiger partial charge in [-0.1, -0.05) is 30.4 Å². The van der Waals surface area contributed by atoms with E-state index in [1.165, 1.54) is 0 Å². The Labute approximate surface area is 95.4 Å². The Morgan fingerprint density at radius 3 is 2.94 bits per heavy atom. The number of phenols is 1. The minimum absolute atomic E-state index is 0.223. The maximum atomic E-state index is 11.0. The van der Waals surface area contributed by atoms with Crippen LogP contribution in [0.4, 0.5) is 0 Å². The van der Waals surface area contributed by atoms with E-state index in [-0.39, 0.29) is 18.1 Å². The fourth-order valence-corrected chi connectivity index (χ4v) is 1.32. The maximum absolute atomic E-state index is 11.0. The maximum Gasteiger partial charge on any atom is 0.309 e. The Hall–Kier alpha value is -1.77. The second-order valence-electron chi connectivity index (χ2n) is 3.42. The highest BCUT2D eigenvalue weighted by atomic mass is 16.5. The van der Waals surface area contributed by atoms with Gasteiger partial charge in [0.2, 0.25) is 0 Å². The molecule has 0 spiro atoms. The summed E-state index contributed by atoms with van der Waals surface area (Å²) in [7, 11) is 0. The van der Waals surface area contributed by atoms with Crippen molar-refractivity contribution in [3.8, 4) is 5.75 Å². The first kappa shape index (κ1) is 12.3. The number of rotatable bonds is 4. The third-order valence-electron chi connectivity index (χ3n) is 2.16. The van der Waals surface area contributed by atoms with Crippen LogP contribution >= 0.6 is 0 Å². The Kier molecular flexibility index (Phi) is 4.58. The molecule has 1 aromatic rings. The molecule has 0 aliphatic rings. The van der Waals surface area contributed by atoms with Crippen molar-refractivity contribution in [2.45, 2.75) is 20.3 Å². The van der Waals surface area contributed by atoms with Gasteiger partial charge in [-0.05, 0) is 19.4 Å². The van der Waals surface area contributed by atoms with E-state index in [4.69, 9.17) is 4.74 Å². The lowest BCUT2D eigenvalue weighted by atomic mass is 10.1. The molecule has 0 saturated carbocycles. The molecule has 0 heterocycles. The minimum Gasteiger partial charge on any atom is -0.507 e. The monoisotopic (exact) mass is 220 g/mol. The van der Waals surface area contributed by atoms with Crippen LogP contribution in [0.3, 0.4) is 0 Å². The van der Waals surface area contributed by atoms with Crippen molar-refractivity contribution in [1.82, 2.24) is 0 Å². The molecule has 1 aromatic carbocycles. The SMILES string of the molecule is CCOC(=O)CC=Cc1cccc(C)c1O. The van der Waals surface area contributed by atoms with E-state index < -0.39 is 0 Å². The first-order chi connectivity index (χ1) is 7.65. The summed E-state index contributed by atoms with van der Waals surface area (Å²) in [4.78, 5) is 11.0. The number of hydrogen-bond acceptors (Lipinski definition) is 3. The molecule has 0 atom stereocenters. The molecule has 0 aliphatic carbocycles. The number of phenolic OH excluding ortho intramolecular Hbond substituents is 1. The van der Waals surface area contributed by atoms with E-state index in [0.717, 1.165) is 5.56 Å². The number of aryl methyl sites for hydroxylation is 1. The molecule has 0 aliphatic heterocycles. The number of benzene rings is 1. The van der Waals surface area contributed by atoms with Gasteiger partial charge in [-0.15, -0.1) is 0 Å². The smallest absolute Gasteiger partial charge is 0.309 e. The third-order valence-corrected chi connectivity index (χ3v) is 2.16. The predicted octanol–water partition coefficient (Wildman–Crippen LogP) is 2.67. The summed E-state index contributed by atoms with van der Waals surface area (Å²) >= 11 is 0. The van der Waals surface area contributed by atoms with E-state index in [9.17, 15) is 9.90 Å². The molecule has 1 N–H and O–H groups in total. The van der Waals surface area contributed by atoms with Gasteiger partial charge in [0.15, 0.2) is 0 Å². The van der Waals surface area contributed by atoms with E-state index in [1.807, 2.05) is 19.1 Å². The number of carbonyl (C=O) groups is 1. The first-order valence-electron chi connectivity index (χ1n) is 5.26. The van der Waals surface area contributed by atoms with Crippen LogP contribution in [0.2, 0.25) is 0 Å². The molecule has 3 nitrogen and oxygen atoms in total.